The number of nitrogen functional groups attached to an aromatic ring is 1. The lowest BCUT2D eigenvalue weighted by molar-refractivity contribution is 0.795. The molecule has 5 heteroatoms. The van der Waals surface area contributed by atoms with Gasteiger partial charge in [0.2, 0.25) is 0 Å². The Morgan fingerprint density at radius 1 is 1.05 bits per heavy atom. The van der Waals surface area contributed by atoms with E-state index in [0.29, 0.717) is 11.6 Å². The van der Waals surface area contributed by atoms with Crippen molar-refractivity contribution in [2.24, 2.45) is 5.84 Å². The number of nitrogens with one attached hydrogen (secondary N) is 2. The van der Waals surface area contributed by atoms with E-state index in [1.165, 1.54) is 18.4 Å². The van der Waals surface area contributed by atoms with Gasteiger partial charge in [-0.15, -0.1) is 0 Å². The van der Waals surface area contributed by atoms with E-state index >= 15 is 0 Å². The molecular formula is C16H23N5. The van der Waals surface area contributed by atoms with Crippen LogP contribution in [0.1, 0.15) is 36.7 Å². The van der Waals surface area contributed by atoms with Crippen LogP contribution in [0.4, 0.5) is 17.3 Å². The first-order valence-electron chi connectivity index (χ1n) is 7.32. The predicted octanol–water partition coefficient (Wildman–Crippen LogP) is 3.47. The minimum absolute atomic E-state index is 0.643. The summed E-state index contributed by atoms with van der Waals surface area (Å²) in [6.45, 7) is 5.99. The number of rotatable bonds is 6. The van der Waals surface area contributed by atoms with Crippen LogP contribution in [0.15, 0.2) is 24.3 Å². The van der Waals surface area contributed by atoms with Crippen molar-refractivity contribution in [2.75, 3.05) is 10.7 Å². The molecule has 0 spiro atoms. The van der Waals surface area contributed by atoms with Crippen molar-refractivity contribution < 1.29 is 0 Å². The monoisotopic (exact) mass is 285 g/mol. The van der Waals surface area contributed by atoms with E-state index in [4.69, 9.17) is 5.84 Å². The molecule has 0 atom stereocenters. The summed E-state index contributed by atoms with van der Waals surface area (Å²) in [4.78, 5) is 8.68. The zero-order valence-corrected chi connectivity index (χ0v) is 12.9. The Hall–Kier alpha value is -2.14. The standard InChI is InChI=1S/C16H23N5/c1-4-5-6-13-7-9-14(10-8-13)20-15-11(2)16(21-17)19-12(3)18-15/h7-10H,4-6,17H2,1-3H3,(H2,18,19,20,21). The first kappa shape index (κ1) is 15.3. The number of anilines is 3. The van der Waals surface area contributed by atoms with Crippen LogP contribution < -0.4 is 16.6 Å². The lowest BCUT2D eigenvalue weighted by Gasteiger charge is -2.12. The van der Waals surface area contributed by atoms with Gasteiger partial charge in [0.25, 0.3) is 0 Å². The molecule has 0 unspecified atom stereocenters. The molecule has 0 saturated heterocycles. The molecule has 0 aliphatic carbocycles. The number of hydrogen-bond donors (Lipinski definition) is 3. The number of unbranched alkanes of at least 4 members (excludes halogenated alkanes) is 1. The molecule has 112 valence electrons. The Bertz CT molecular complexity index is 592. The number of aromatic nitrogens is 2. The zero-order chi connectivity index (χ0) is 15.2. The molecule has 1 aromatic carbocycles. The summed E-state index contributed by atoms with van der Waals surface area (Å²) in [6, 6.07) is 8.47. The topological polar surface area (TPSA) is 75.9 Å². The molecule has 5 nitrogen and oxygen atoms in total. The lowest BCUT2D eigenvalue weighted by Crippen LogP contribution is -2.13. The fourth-order valence-corrected chi connectivity index (χ4v) is 2.16. The fourth-order valence-electron chi connectivity index (χ4n) is 2.16. The first-order chi connectivity index (χ1) is 10.1. The second-order valence-corrected chi connectivity index (χ2v) is 5.16. The van der Waals surface area contributed by atoms with Crippen molar-refractivity contribution >= 4 is 17.3 Å². The smallest absolute Gasteiger partial charge is 0.148 e. The molecule has 0 fully saturated rings. The number of hydrogen-bond acceptors (Lipinski definition) is 5. The maximum Gasteiger partial charge on any atom is 0.148 e. The van der Waals surface area contributed by atoms with Crippen molar-refractivity contribution in [3.8, 4) is 0 Å². The minimum Gasteiger partial charge on any atom is -0.340 e. The fraction of sp³-hybridized carbons (Fsp3) is 0.375. The molecule has 0 bridgehead atoms. The van der Waals surface area contributed by atoms with E-state index in [9.17, 15) is 0 Å². The van der Waals surface area contributed by atoms with Gasteiger partial charge in [0.1, 0.15) is 17.5 Å². The molecule has 2 aromatic rings. The maximum absolute atomic E-state index is 5.48. The third-order valence-corrected chi connectivity index (χ3v) is 3.43. The molecule has 1 heterocycles. The summed E-state index contributed by atoms with van der Waals surface area (Å²) in [6.07, 6.45) is 3.57. The average Bonchev–Trinajstić information content (AvgIpc) is 2.49. The van der Waals surface area contributed by atoms with Gasteiger partial charge >= 0.3 is 0 Å². The van der Waals surface area contributed by atoms with E-state index in [2.05, 4.69) is 51.9 Å². The largest absolute Gasteiger partial charge is 0.340 e. The van der Waals surface area contributed by atoms with Gasteiger partial charge in [-0.25, -0.2) is 15.8 Å². The molecule has 0 aliphatic heterocycles. The van der Waals surface area contributed by atoms with Crippen LogP contribution in [0.3, 0.4) is 0 Å². The van der Waals surface area contributed by atoms with Gasteiger partial charge in [-0.3, -0.25) is 0 Å². The Balaban J connectivity index is 2.16. The highest BCUT2D eigenvalue weighted by Gasteiger charge is 2.08. The van der Waals surface area contributed by atoms with Crippen molar-refractivity contribution in [1.29, 1.82) is 0 Å². The van der Waals surface area contributed by atoms with E-state index in [0.717, 1.165) is 23.5 Å². The highest BCUT2D eigenvalue weighted by atomic mass is 15.3. The van der Waals surface area contributed by atoms with Crippen LogP contribution in [-0.4, -0.2) is 9.97 Å². The zero-order valence-electron chi connectivity index (χ0n) is 12.9. The SMILES string of the molecule is CCCCc1ccc(Nc2nc(C)nc(NN)c2C)cc1. The van der Waals surface area contributed by atoms with Gasteiger partial charge in [0.15, 0.2) is 0 Å². The predicted molar refractivity (Wildman–Crippen MR) is 87.7 cm³/mol. The van der Waals surface area contributed by atoms with Crippen molar-refractivity contribution in [1.82, 2.24) is 9.97 Å². The Kier molecular flexibility index (Phi) is 5.11. The number of nitrogens with zero attached hydrogens (tertiary/aromatic N) is 2. The van der Waals surface area contributed by atoms with Gasteiger partial charge in [0.05, 0.1) is 0 Å². The Labute approximate surface area is 126 Å². The van der Waals surface area contributed by atoms with Crippen molar-refractivity contribution in [3.05, 3.63) is 41.2 Å². The average molecular weight is 285 g/mol. The lowest BCUT2D eigenvalue weighted by atomic mass is 10.1. The summed E-state index contributed by atoms with van der Waals surface area (Å²) >= 11 is 0. The molecule has 4 N–H and O–H groups in total. The third-order valence-electron chi connectivity index (χ3n) is 3.43. The molecule has 2 rings (SSSR count). The van der Waals surface area contributed by atoms with Crippen LogP contribution in [0.2, 0.25) is 0 Å². The van der Waals surface area contributed by atoms with E-state index < -0.39 is 0 Å². The van der Waals surface area contributed by atoms with Gasteiger partial charge in [0, 0.05) is 11.3 Å². The summed E-state index contributed by atoms with van der Waals surface area (Å²) in [5.41, 5.74) is 5.88. The number of benzene rings is 1. The summed E-state index contributed by atoms with van der Waals surface area (Å²) < 4.78 is 0. The second kappa shape index (κ2) is 7.04. The highest BCUT2D eigenvalue weighted by Crippen LogP contribution is 2.23. The minimum atomic E-state index is 0.643. The summed E-state index contributed by atoms with van der Waals surface area (Å²) in [5.74, 6) is 7.57. The maximum atomic E-state index is 5.48. The normalized spacial score (nSPS) is 10.5. The Morgan fingerprint density at radius 3 is 2.33 bits per heavy atom. The third kappa shape index (κ3) is 3.92. The molecule has 21 heavy (non-hydrogen) atoms. The van der Waals surface area contributed by atoms with E-state index in [1.54, 1.807) is 0 Å². The summed E-state index contributed by atoms with van der Waals surface area (Å²) in [5, 5.41) is 3.32. The molecule has 0 amide bonds. The van der Waals surface area contributed by atoms with Gasteiger partial charge < -0.3 is 10.7 Å². The molecule has 1 aromatic heterocycles. The van der Waals surface area contributed by atoms with E-state index in [1.807, 2.05) is 13.8 Å². The second-order valence-electron chi connectivity index (χ2n) is 5.16. The van der Waals surface area contributed by atoms with Crippen LogP contribution >= 0.6 is 0 Å². The number of aryl methyl sites for hydroxylation is 2. The van der Waals surface area contributed by atoms with Crippen molar-refractivity contribution in [3.63, 3.8) is 0 Å². The van der Waals surface area contributed by atoms with Crippen molar-refractivity contribution in [2.45, 2.75) is 40.0 Å². The van der Waals surface area contributed by atoms with Crippen LogP contribution in [0.25, 0.3) is 0 Å². The quantitative estimate of drug-likeness (QED) is 0.559. The van der Waals surface area contributed by atoms with Gasteiger partial charge in [-0.2, -0.15) is 0 Å². The molecule has 0 aliphatic rings. The van der Waals surface area contributed by atoms with Gasteiger partial charge in [-0.1, -0.05) is 25.5 Å². The van der Waals surface area contributed by atoms with Crippen LogP contribution in [0.5, 0.6) is 0 Å². The highest BCUT2D eigenvalue weighted by molar-refractivity contribution is 5.64. The number of nitrogens with two attached hydrogens (primary N) is 1. The first-order valence-corrected chi connectivity index (χ1v) is 7.32. The molecule has 0 radical (unpaired) electrons. The van der Waals surface area contributed by atoms with E-state index in [-0.39, 0.29) is 0 Å². The van der Waals surface area contributed by atoms with Crippen LogP contribution in [-0.2, 0) is 6.42 Å². The Morgan fingerprint density at radius 2 is 1.71 bits per heavy atom. The van der Waals surface area contributed by atoms with Gasteiger partial charge in [-0.05, 0) is 44.4 Å². The number of hydrazine groups is 1. The molecule has 0 saturated carbocycles. The molecular weight excluding hydrogens is 262 g/mol. The van der Waals surface area contributed by atoms with Crippen LogP contribution in [0, 0.1) is 13.8 Å². The summed E-state index contributed by atoms with van der Waals surface area (Å²) in [7, 11) is 0.